The van der Waals surface area contributed by atoms with Gasteiger partial charge in [0.1, 0.15) is 6.04 Å². The molecular weight excluding hydrogens is 425 g/mol. The molecule has 6 nitrogen and oxygen atoms in total. The predicted molar refractivity (Wildman–Crippen MR) is 119 cm³/mol. The highest BCUT2D eigenvalue weighted by molar-refractivity contribution is 6.35. The Balaban J connectivity index is 1.74. The third-order valence-corrected chi connectivity index (χ3v) is 5.65. The van der Waals surface area contributed by atoms with Gasteiger partial charge in [-0.05, 0) is 42.6 Å². The zero-order chi connectivity index (χ0) is 21.7. The van der Waals surface area contributed by atoms with Crippen LogP contribution in [-0.2, 0) is 27.2 Å². The minimum atomic E-state index is -0.607. The number of ether oxygens (including phenoxy) is 1. The summed E-state index contributed by atoms with van der Waals surface area (Å²) in [4.78, 5) is 24.8. The van der Waals surface area contributed by atoms with Crippen LogP contribution in [0, 0.1) is 0 Å². The van der Waals surface area contributed by atoms with E-state index in [4.69, 9.17) is 33.7 Å². The number of anilines is 1. The van der Waals surface area contributed by atoms with Gasteiger partial charge in [-0.3, -0.25) is 4.79 Å². The lowest BCUT2D eigenvalue weighted by molar-refractivity contribution is -0.142. The minimum absolute atomic E-state index is 0.155. The Kier molecular flexibility index (Phi) is 7.58. The largest absolute Gasteiger partial charge is 0.467 e. The van der Waals surface area contributed by atoms with Gasteiger partial charge >= 0.3 is 5.97 Å². The summed E-state index contributed by atoms with van der Waals surface area (Å²) < 4.78 is 4.87. The minimum Gasteiger partial charge on any atom is -0.467 e. The number of carbonyl (C=O) groups excluding carboxylic acids is 2. The number of hydrogen-bond donors (Lipinski definition) is 3. The molecule has 2 aromatic rings. The number of nitrogens with two attached hydrogens (primary N) is 1. The summed E-state index contributed by atoms with van der Waals surface area (Å²) in [5.74, 6) is -0.568. The van der Waals surface area contributed by atoms with Crippen molar-refractivity contribution < 1.29 is 14.3 Å². The van der Waals surface area contributed by atoms with Crippen molar-refractivity contribution in [3.63, 3.8) is 0 Å². The molecule has 3 rings (SSSR count). The first-order valence-electron chi connectivity index (χ1n) is 9.81. The van der Waals surface area contributed by atoms with Crippen molar-refractivity contribution in [2.75, 3.05) is 19.0 Å². The van der Waals surface area contributed by atoms with Gasteiger partial charge in [-0.15, -0.1) is 0 Å². The average Bonchev–Trinajstić information content (AvgIpc) is 2.71. The van der Waals surface area contributed by atoms with Gasteiger partial charge in [0.2, 0.25) is 5.91 Å². The van der Waals surface area contributed by atoms with Crippen LogP contribution in [0.25, 0.3) is 0 Å². The number of aryl methyl sites for hydroxylation is 1. The van der Waals surface area contributed by atoms with Crippen molar-refractivity contribution >= 4 is 40.8 Å². The second-order valence-electron chi connectivity index (χ2n) is 7.31. The van der Waals surface area contributed by atoms with E-state index in [0.29, 0.717) is 34.3 Å². The highest BCUT2D eigenvalue weighted by atomic mass is 35.5. The molecule has 1 aliphatic rings. The normalized spacial score (nSPS) is 17.6. The van der Waals surface area contributed by atoms with E-state index in [1.807, 2.05) is 24.3 Å². The number of amides is 1. The molecule has 30 heavy (non-hydrogen) atoms. The first-order valence-corrected chi connectivity index (χ1v) is 10.6. The first kappa shape index (κ1) is 22.4. The number of hydrogen-bond acceptors (Lipinski definition) is 5. The molecule has 160 valence electrons. The van der Waals surface area contributed by atoms with Gasteiger partial charge < -0.3 is 21.1 Å². The van der Waals surface area contributed by atoms with Crippen molar-refractivity contribution in [3.8, 4) is 0 Å². The first-order chi connectivity index (χ1) is 14.4. The Morgan fingerprint density at radius 1 is 1.20 bits per heavy atom. The van der Waals surface area contributed by atoms with Crippen molar-refractivity contribution in [1.82, 2.24) is 5.32 Å². The van der Waals surface area contributed by atoms with Gasteiger partial charge in [-0.2, -0.15) is 0 Å². The third-order valence-electron chi connectivity index (χ3n) is 5.12. The van der Waals surface area contributed by atoms with E-state index in [0.717, 1.165) is 18.4 Å². The molecule has 0 saturated carbocycles. The Hall–Kier alpha value is -2.28. The van der Waals surface area contributed by atoms with E-state index in [9.17, 15) is 9.59 Å². The van der Waals surface area contributed by atoms with Crippen molar-refractivity contribution in [3.05, 3.63) is 63.1 Å². The van der Waals surface area contributed by atoms with Crippen LogP contribution in [0.5, 0.6) is 0 Å². The fourth-order valence-electron chi connectivity index (χ4n) is 3.65. The monoisotopic (exact) mass is 449 g/mol. The van der Waals surface area contributed by atoms with E-state index in [1.54, 1.807) is 12.1 Å². The van der Waals surface area contributed by atoms with Gasteiger partial charge in [0, 0.05) is 27.7 Å². The van der Waals surface area contributed by atoms with E-state index < -0.39 is 18.1 Å². The quantitative estimate of drug-likeness (QED) is 0.560. The maximum Gasteiger partial charge on any atom is 0.328 e. The number of methoxy groups -OCH3 is 1. The summed E-state index contributed by atoms with van der Waals surface area (Å²) in [6.07, 6.45) is 2.40. The fourth-order valence-corrected chi connectivity index (χ4v) is 4.27. The van der Waals surface area contributed by atoms with Crippen LogP contribution in [0.4, 0.5) is 5.69 Å². The average molecular weight is 450 g/mol. The summed E-state index contributed by atoms with van der Waals surface area (Å²) in [6, 6.07) is 10.2. The molecule has 0 bridgehead atoms. The number of rotatable bonds is 7. The zero-order valence-electron chi connectivity index (χ0n) is 16.7. The van der Waals surface area contributed by atoms with Gasteiger partial charge in [-0.25, -0.2) is 4.79 Å². The van der Waals surface area contributed by atoms with E-state index >= 15 is 0 Å². The molecule has 0 aromatic heterocycles. The van der Waals surface area contributed by atoms with Crippen LogP contribution < -0.4 is 16.4 Å². The molecule has 0 aliphatic carbocycles. The molecule has 2 aromatic carbocycles. The van der Waals surface area contributed by atoms with E-state index in [2.05, 4.69) is 10.6 Å². The lowest BCUT2D eigenvalue weighted by Crippen LogP contribution is -2.42. The molecule has 1 aliphatic heterocycles. The van der Waals surface area contributed by atoms with Gasteiger partial charge in [0.15, 0.2) is 0 Å². The third kappa shape index (κ3) is 5.45. The summed E-state index contributed by atoms with van der Waals surface area (Å²) in [5.41, 5.74) is 8.98. The highest BCUT2D eigenvalue weighted by Gasteiger charge is 2.34. The molecule has 2 atom stereocenters. The predicted octanol–water partition coefficient (Wildman–Crippen LogP) is 3.64. The molecule has 0 spiro atoms. The Bertz CT molecular complexity index is 919. The molecule has 0 fully saturated rings. The number of benzene rings is 2. The molecule has 2 unspecified atom stereocenters. The number of esters is 1. The maximum absolute atomic E-state index is 12.7. The highest BCUT2D eigenvalue weighted by Crippen LogP contribution is 2.40. The Morgan fingerprint density at radius 3 is 2.57 bits per heavy atom. The molecule has 0 saturated heterocycles. The van der Waals surface area contributed by atoms with Gasteiger partial charge in [-0.1, -0.05) is 47.5 Å². The smallest absolute Gasteiger partial charge is 0.328 e. The molecule has 0 radical (unpaired) electrons. The van der Waals surface area contributed by atoms with Crippen molar-refractivity contribution in [2.45, 2.75) is 37.8 Å². The number of carbonyl (C=O) groups is 2. The maximum atomic E-state index is 12.7. The topological polar surface area (TPSA) is 93.5 Å². The number of halogens is 2. The molecule has 8 heteroatoms. The lowest BCUT2D eigenvalue weighted by atomic mass is 9.92. The second kappa shape index (κ2) is 10.2. The summed E-state index contributed by atoms with van der Waals surface area (Å²) in [6.45, 7) is 0.655. The standard InChI is InChI=1S/C22H25Cl2N3O3/c1-30-22(29)19-12-18(21-16(24)10-15(23)11-17(21)26-19)27-20(28)9-14-6-4-13(5-7-14)3-2-8-25/h4-7,10-11,18-19,26H,2-3,8-9,12,25H2,1H3,(H,27,28). The van der Waals surface area contributed by atoms with Crippen LogP contribution in [0.3, 0.4) is 0 Å². The summed E-state index contributed by atoms with van der Waals surface area (Å²) in [5, 5.41) is 6.99. The lowest BCUT2D eigenvalue weighted by Gasteiger charge is -2.33. The number of fused-ring (bicyclic) bond motifs is 1. The van der Waals surface area contributed by atoms with Gasteiger partial charge in [0.05, 0.1) is 19.6 Å². The van der Waals surface area contributed by atoms with Crippen LogP contribution in [0.15, 0.2) is 36.4 Å². The zero-order valence-corrected chi connectivity index (χ0v) is 18.2. The van der Waals surface area contributed by atoms with Crippen LogP contribution in [0.1, 0.15) is 35.6 Å². The summed E-state index contributed by atoms with van der Waals surface area (Å²) >= 11 is 12.5. The second-order valence-corrected chi connectivity index (χ2v) is 8.15. The summed E-state index contributed by atoms with van der Waals surface area (Å²) in [7, 11) is 1.33. The SMILES string of the molecule is COC(=O)C1CC(NC(=O)Cc2ccc(CCCN)cc2)c2c(Cl)cc(Cl)cc2N1. The van der Waals surface area contributed by atoms with E-state index in [1.165, 1.54) is 12.7 Å². The molecule has 4 N–H and O–H groups in total. The van der Waals surface area contributed by atoms with Crippen LogP contribution in [-0.4, -0.2) is 31.6 Å². The van der Waals surface area contributed by atoms with Crippen LogP contribution in [0.2, 0.25) is 10.0 Å². The van der Waals surface area contributed by atoms with Gasteiger partial charge in [0.25, 0.3) is 0 Å². The number of nitrogens with one attached hydrogen (secondary N) is 2. The fraction of sp³-hybridized carbons (Fsp3) is 0.364. The molecule has 1 amide bonds. The Morgan fingerprint density at radius 2 is 1.90 bits per heavy atom. The van der Waals surface area contributed by atoms with Crippen molar-refractivity contribution in [2.24, 2.45) is 5.73 Å². The molecule has 1 heterocycles. The van der Waals surface area contributed by atoms with E-state index in [-0.39, 0.29) is 12.3 Å². The van der Waals surface area contributed by atoms with Crippen LogP contribution >= 0.6 is 23.2 Å². The Labute approximate surface area is 186 Å². The van der Waals surface area contributed by atoms with Crippen molar-refractivity contribution in [1.29, 1.82) is 0 Å². The molecular formula is C22H25Cl2N3O3.